The molecule has 0 amide bonds. The van der Waals surface area contributed by atoms with Gasteiger partial charge in [-0.15, -0.1) is 0 Å². The molecule has 0 atom stereocenters. The molecule has 0 aliphatic carbocycles. The first-order valence-electron chi connectivity index (χ1n) is 4.05. The highest BCUT2D eigenvalue weighted by Crippen LogP contribution is 2.10. The van der Waals surface area contributed by atoms with Gasteiger partial charge in [0.25, 0.3) is 0 Å². The Kier molecular flexibility index (Phi) is 5.18. The number of nitrogens with zero attached hydrogens (tertiary/aromatic N) is 1. The zero-order valence-corrected chi connectivity index (χ0v) is 8.06. The molecule has 1 rings (SSSR count). The molecule has 1 fully saturated rings. The van der Waals surface area contributed by atoms with Crippen molar-refractivity contribution in [1.82, 2.24) is 4.90 Å². The van der Waals surface area contributed by atoms with Crippen LogP contribution in [0, 0.1) is 0 Å². The molecule has 0 bridgehead atoms. The fraction of sp³-hybridized carbons (Fsp3) is 1.00. The molecule has 1 nitrogen and oxygen atoms in total. The number of likely N-dealkylation sites (tertiary alicyclic amines) is 1. The molecule has 1 saturated heterocycles. The standard InChI is InChI=1S/C8H17N.H2S/c1-8(2)9-6-4-3-5-7-9;/h8H,3-7H2,1-2H3;1H2. The molecule has 0 N–H and O–H groups in total. The molecule has 2 heteroatoms. The molecule has 1 heterocycles. The van der Waals surface area contributed by atoms with E-state index in [2.05, 4.69) is 18.7 Å². The first kappa shape index (κ1) is 10.3. The minimum atomic E-state index is 0. The Morgan fingerprint density at radius 1 is 1.00 bits per heavy atom. The SMILES string of the molecule is CC(C)N1CCCCC1.S. The van der Waals surface area contributed by atoms with Gasteiger partial charge in [-0.2, -0.15) is 13.5 Å². The Balaban J connectivity index is 0.000000810. The molecule has 0 aromatic heterocycles. The van der Waals surface area contributed by atoms with Gasteiger partial charge < -0.3 is 4.90 Å². The smallest absolute Gasteiger partial charge is 0.00385 e. The van der Waals surface area contributed by atoms with E-state index < -0.39 is 0 Å². The zero-order chi connectivity index (χ0) is 6.69. The average Bonchev–Trinajstić information content (AvgIpc) is 1.90. The van der Waals surface area contributed by atoms with Gasteiger partial charge in [-0.1, -0.05) is 6.42 Å². The third-order valence-electron chi connectivity index (χ3n) is 2.12. The second kappa shape index (κ2) is 5.03. The third kappa shape index (κ3) is 2.93. The van der Waals surface area contributed by atoms with E-state index in [-0.39, 0.29) is 13.5 Å². The molecule has 62 valence electrons. The van der Waals surface area contributed by atoms with Gasteiger partial charge in [0.15, 0.2) is 0 Å². The lowest BCUT2D eigenvalue weighted by Gasteiger charge is -2.29. The Morgan fingerprint density at radius 2 is 1.50 bits per heavy atom. The summed E-state index contributed by atoms with van der Waals surface area (Å²) in [5, 5.41) is 0. The molecule has 1 aliphatic rings. The van der Waals surface area contributed by atoms with Gasteiger partial charge in [-0.05, 0) is 39.8 Å². The number of hydrogen-bond donors (Lipinski definition) is 0. The minimum absolute atomic E-state index is 0. The molecule has 1 aliphatic heterocycles. The van der Waals surface area contributed by atoms with Crippen LogP contribution in [-0.4, -0.2) is 24.0 Å². The highest BCUT2D eigenvalue weighted by Gasteiger charge is 2.11. The van der Waals surface area contributed by atoms with E-state index in [1.807, 2.05) is 0 Å². The van der Waals surface area contributed by atoms with Crippen molar-refractivity contribution >= 4 is 13.5 Å². The normalized spacial score (nSPS) is 20.7. The summed E-state index contributed by atoms with van der Waals surface area (Å²) in [5.74, 6) is 0. The number of rotatable bonds is 1. The van der Waals surface area contributed by atoms with Crippen molar-refractivity contribution < 1.29 is 0 Å². The maximum atomic E-state index is 2.56. The topological polar surface area (TPSA) is 3.24 Å². The van der Waals surface area contributed by atoms with Crippen molar-refractivity contribution in [1.29, 1.82) is 0 Å². The summed E-state index contributed by atoms with van der Waals surface area (Å²) in [6.07, 6.45) is 4.28. The van der Waals surface area contributed by atoms with Gasteiger partial charge in [0.05, 0.1) is 0 Å². The van der Waals surface area contributed by atoms with E-state index in [9.17, 15) is 0 Å². The van der Waals surface area contributed by atoms with Gasteiger partial charge in [0.2, 0.25) is 0 Å². The first-order chi connectivity index (χ1) is 4.30. The molecular weight excluding hydrogens is 142 g/mol. The Morgan fingerprint density at radius 3 is 1.80 bits per heavy atom. The van der Waals surface area contributed by atoms with E-state index in [0.717, 1.165) is 6.04 Å². The molecule has 0 aromatic rings. The first-order valence-corrected chi connectivity index (χ1v) is 4.05. The van der Waals surface area contributed by atoms with E-state index in [1.165, 1.54) is 32.4 Å². The van der Waals surface area contributed by atoms with Crippen molar-refractivity contribution in [2.45, 2.75) is 39.2 Å². The van der Waals surface area contributed by atoms with Crippen LogP contribution < -0.4 is 0 Å². The second-order valence-corrected chi connectivity index (χ2v) is 3.19. The van der Waals surface area contributed by atoms with Crippen LogP contribution in [0.2, 0.25) is 0 Å². The van der Waals surface area contributed by atoms with Crippen molar-refractivity contribution in [2.24, 2.45) is 0 Å². The largest absolute Gasteiger partial charge is 0.301 e. The van der Waals surface area contributed by atoms with Crippen LogP contribution in [-0.2, 0) is 0 Å². The van der Waals surface area contributed by atoms with Crippen LogP contribution in [0.15, 0.2) is 0 Å². The number of piperidine rings is 1. The summed E-state index contributed by atoms with van der Waals surface area (Å²) in [6.45, 7) is 7.23. The summed E-state index contributed by atoms with van der Waals surface area (Å²) < 4.78 is 0. The Bertz CT molecular complexity index is 77.3. The van der Waals surface area contributed by atoms with Gasteiger partial charge in [-0.25, -0.2) is 0 Å². The molecular formula is C8H19NS. The maximum absolute atomic E-state index is 2.56. The van der Waals surface area contributed by atoms with E-state index in [4.69, 9.17) is 0 Å². The van der Waals surface area contributed by atoms with Crippen molar-refractivity contribution in [3.63, 3.8) is 0 Å². The lowest BCUT2D eigenvalue weighted by Crippen LogP contribution is -2.35. The quantitative estimate of drug-likeness (QED) is 0.568. The fourth-order valence-corrected chi connectivity index (χ4v) is 1.43. The second-order valence-electron chi connectivity index (χ2n) is 3.19. The lowest BCUT2D eigenvalue weighted by atomic mass is 10.1. The molecule has 0 saturated carbocycles. The summed E-state index contributed by atoms with van der Waals surface area (Å²) in [5.41, 5.74) is 0. The van der Waals surface area contributed by atoms with Gasteiger partial charge in [0, 0.05) is 6.04 Å². The zero-order valence-electron chi connectivity index (χ0n) is 7.06. The van der Waals surface area contributed by atoms with Gasteiger partial charge >= 0.3 is 0 Å². The summed E-state index contributed by atoms with van der Waals surface area (Å²) in [6, 6.07) is 0.769. The van der Waals surface area contributed by atoms with Crippen molar-refractivity contribution in [3.8, 4) is 0 Å². The van der Waals surface area contributed by atoms with E-state index in [0.29, 0.717) is 0 Å². The van der Waals surface area contributed by atoms with Crippen LogP contribution in [0.3, 0.4) is 0 Å². The van der Waals surface area contributed by atoms with E-state index in [1.54, 1.807) is 0 Å². The predicted octanol–water partition coefficient (Wildman–Crippen LogP) is 1.99. The van der Waals surface area contributed by atoms with Gasteiger partial charge in [-0.3, -0.25) is 0 Å². The molecule has 0 aromatic carbocycles. The summed E-state index contributed by atoms with van der Waals surface area (Å²) in [4.78, 5) is 2.56. The van der Waals surface area contributed by atoms with Crippen LogP contribution in [0.4, 0.5) is 0 Å². The van der Waals surface area contributed by atoms with E-state index >= 15 is 0 Å². The van der Waals surface area contributed by atoms with Crippen molar-refractivity contribution in [3.05, 3.63) is 0 Å². The highest BCUT2D eigenvalue weighted by atomic mass is 32.1. The summed E-state index contributed by atoms with van der Waals surface area (Å²) >= 11 is 0. The van der Waals surface area contributed by atoms with Crippen LogP contribution in [0.25, 0.3) is 0 Å². The number of hydrogen-bond acceptors (Lipinski definition) is 1. The lowest BCUT2D eigenvalue weighted by molar-refractivity contribution is 0.185. The Hall–Kier alpha value is 0.310. The van der Waals surface area contributed by atoms with Crippen LogP contribution in [0.5, 0.6) is 0 Å². The monoisotopic (exact) mass is 161 g/mol. The van der Waals surface area contributed by atoms with Gasteiger partial charge in [0.1, 0.15) is 0 Å². The molecule has 0 radical (unpaired) electrons. The average molecular weight is 161 g/mol. The third-order valence-corrected chi connectivity index (χ3v) is 2.12. The fourth-order valence-electron chi connectivity index (χ4n) is 1.43. The predicted molar refractivity (Wildman–Crippen MR) is 50.9 cm³/mol. The minimum Gasteiger partial charge on any atom is -0.301 e. The molecule has 0 spiro atoms. The summed E-state index contributed by atoms with van der Waals surface area (Å²) in [7, 11) is 0. The molecule has 10 heavy (non-hydrogen) atoms. The molecule has 0 unspecified atom stereocenters. The Labute approximate surface area is 71.2 Å². The van der Waals surface area contributed by atoms with Crippen LogP contribution >= 0.6 is 13.5 Å². The van der Waals surface area contributed by atoms with Crippen LogP contribution in [0.1, 0.15) is 33.1 Å². The van der Waals surface area contributed by atoms with Crippen molar-refractivity contribution in [2.75, 3.05) is 13.1 Å². The highest BCUT2D eigenvalue weighted by molar-refractivity contribution is 7.59. The maximum Gasteiger partial charge on any atom is 0.00385 e.